The summed E-state index contributed by atoms with van der Waals surface area (Å²) in [7, 11) is 1.67. The summed E-state index contributed by atoms with van der Waals surface area (Å²) in [5.41, 5.74) is 1.94. The predicted octanol–water partition coefficient (Wildman–Crippen LogP) is 7.34. The highest BCUT2D eigenvalue weighted by Crippen LogP contribution is 2.50. The number of benzene rings is 2. The molecule has 3 aliphatic rings. The van der Waals surface area contributed by atoms with Crippen molar-refractivity contribution in [3.8, 4) is 5.75 Å². The number of halogens is 2. The summed E-state index contributed by atoms with van der Waals surface area (Å²) in [6.45, 7) is 0. The maximum absolute atomic E-state index is 14.2. The number of amides is 1. The van der Waals surface area contributed by atoms with Gasteiger partial charge in [-0.3, -0.25) is 4.79 Å². The van der Waals surface area contributed by atoms with Crippen molar-refractivity contribution in [2.45, 2.75) is 75.9 Å². The number of hydrogen-bond donors (Lipinski definition) is 3. The summed E-state index contributed by atoms with van der Waals surface area (Å²) in [6, 6.07) is 11.9. The molecule has 0 saturated heterocycles. The number of carbonyl (C=O) groups is 1. The molecule has 7 heteroatoms. The number of hydrogen-bond acceptors (Lipinski definition) is 4. The number of nitrogens with one attached hydrogen (secondary N) is 3. The van der Waals surface area contributed by atoms with Gasteiger partial charge in [-0.15, -0.1) is 0 Å². The van der Waals surface area contributed by atoms with Crippen molar-refractivity contribution in [3.05, 3.63) is 52.0 Å². The standard InChI is InChI=1S/C28H35Cl2N3O2/c1-35-21-13-15-24-25(17-21)33-28(32-24,19-12-14-22(29)23(30)16-19)26(18-8-4-2-5-9-18)27(34)31-20-10-6-3-7-11-20/h12-18,20,26,32-33H,2-11H2,1H3,(H,31,34). The van der Waals surface area contributed by atoms with Gasteiger partial charge in [-0.1, -0.05) is 67.8 Å². The molecule has 2 saturated carbocycles. The highest BCUT2D eigenvalue weighted by atomic mass is 35.5. The Kier molecular flexibility index (Phi) is 7.36. The molecule has 1 aliphatic heterocycles. The number of ether oxygens (including phenoxy) is 1. The van der Waals surface area contributed by atoms with E-state index in [-0.39, 0.29) is 23.8 Å². The Labute approximate surface area is 218 Å². The summed E-state index contributed by atoms with van der Waals surface area (Å²) in [4.78, 5) is 14.2. The first-order valence-corrected chi connectivity index (χ1v) is 13.8. The molecule has 5 nitrogen and oxygen atoms in total. The van der Waals surface area contributed by atoms with Crippen LogP contribution in [0.5, 0.6) is 5.75 Å². The van der Waals surface area contributed by atoms with Crippen LogP contribution in [0.2, 0.25) is 10.0 Å². The number of methoxy groups -OCH3 is 1. The van der Waals surface area contributed by atoms with E-state index in [0.717, 1.165) is 61.2 Å². The number of carbonyl (C=O) groups excluding carboxylic acids is 1. The molecule has 1 heterocycles. The van der Waals surface area contributed by atoms with Gasteiger partial charge in [0, 0.05) is 12.1 Å². The quantitative estimate of drug-likeness (QED) is 0.376. The van der Waals surface area contributed by atoms with Gasteiger partial charge in [-0.25, -0.2) is 0 Å². The van der Waals surface area contributed by atoms with Gasteiger partial charge in [0.1, 0.15) is 11.4 Å². The first-order valence-electron chi connectivity index (χ1n) is 13.0. The Morgan fingerprint density at radius 3 is 2.29 bits per heavy atom. The third-order valence-corrected chi connectivity index (χ3v) is 8.83. The van der Waals surface area contributed by atoms with E-state index in [2.05, 4.69) is 16.0 Å². The minimum absolute atomic E-state index is 0.120. The van der Waals surface area contributed by atoms with Gasteiger partial charge in [-0.05, 0) is 61.4 Å². The SMILES string of the molecule is COc1ccc2c(c1)NC(c1ccc(Cl)c(Cl)c1)(C(C(=O)NC1CCCCC1)C1CCCCC1)N2. The highest BCUT2D eigenvalue weighted by molar-refractivity contribution is 6.42. The molecular weight excluding hydrogens is 481 g/mol. The molecule has 0 radical (unpaired) electrons. The van der Waals surface area contributed by atoms with Gasteiger partial charge >= 0.3 is 0 Å². The van der Waals surface area contributed by atoms with Gasteiger partial charge in [-0.2, -0.15) is 0 Å². The first kappa shape index (κ1) is 24.6. The normalized spacial score (nSPS) is 23.6. The lowest BCUT2D eigenvalue weighted by Gasteiger charge is -2.44. The maximum atomic E-state index is 14.2. The minimum Gasteiger partial charge on any atom is -0.497 e. The van der Waals surface area contributed by atoms with E-state index in [1.807, 2.05) is 36.4 Å². The largest absolute Gasteiger partial charge is 0.497 e. The van der Waals surface area contributed by atoms with Gasteiger partial charge in [0.2, 0.25) is 5.91 Å². The molecule has 2 fully saturated rings. The van der Waals surface area contributed by atoms with Crippen molar-refractivity contribution in [1.29, 1.82) is 0 Å². The Morgan fingerprint density at radius 2 is 1.60 bits per heavy atom. The monoisotopic (exact) mass is 515 g/mol. The molecule has 2 aromatic carbocycles. The second-order valence-corrected chi connectivity index (χ2v) is 11.1. The summed E-state index contributed by atoms with van der Waals surface area (Å²) in [5.74, 6) is 0.817. The second kappa shape index (κ2) is 10.5. The van der Waals surface area contributed by atoms with E-state index in [1.54, 1.807) is 7.11 Å². The zero-order valence-corrected chi connectivity index (χ0v) is 21.9. The Hall–Kier alpha value is -2.11. The lowest BCUT2D eigenvalue weighted by molar-refractivity contribution is -0.130. The zero-order valence-electron chi connectivity index (χ0n) is 20.3. The van der Waals surface area contributed by atoms with Gasteiger partial charge in [0.25, 0.3) is 0 Å². The first-order chi connectivity index (χ1) is 17.0. The molecule has 0 spiro atoms. The summed E-state index contributed by atoms with van der Waals surface area (Å²) in [6.07, 6.45) is 11.3. The Morgan fingerprint density at radius 1 is 0.914 bits per heavy atom. The van der Waals surface area contributed by atoms with E-state index < -0.39 is 5.66 Å². The molecule has 188 valence electrons. The highest BCUT2D eigenvalue weighted by Gasteiger charge is 2.52. The average Bonchev–Trinajstić information content (AvgIpc) is 3.26. The van der Waals surface area contributed by atoms with E-state index in [1.165, 1.54) is 25.7 Å². The van der Waals surface area contributed by atoms with Crippen LogP contribution in [0.4, 0.5) is 11.4 Å². The topological polar surface area (TPSA) is 62.4 Å². The van der Waals surface area contributed by atoms with Crippen LogP contribution in [0.1, 0.15) is 69.8 Å². The van der Waals surface area contributed by atoms with Crippen molar-refractivity contribution in [1.82, 2.24) is 5.32 Å². The van der Waals surface area contributed by atoms with Crippen LogP contribution in [0.15, 0.2) is 36.4 Å². The molecule has 2 atom stereocenters. The molecule has 1 amide bonds. The van der Waals surface area contributed by atoms with Crippen molar-refractivity contribution in [3.63, 3.8) is 0 Å². The smallest absolute Gasteiger partial charge is 0.228 e. The third kappa shape index (κ3) is 4.95. The van der Waals surface area contributed by atoms with E-state index in [0.29, 0.717) is 10.0 Å². The van der Waals surface area contributed by atoms with Crippen LogP contribution in [0, 0.1) is 11.8 Å². The minimum atomic E-state index is -0.844. The lowest BCUT2D eigenvalue weighted by atomic mass is 9.71. The van der Waals surface area contributed by atoms with Gasteiger partial charge < -0.3 is 20.7 Å². The Balaban J connectivity index is 1.59. The lowest BCUT2D eigenvalue weighted by Crippen LogP contribution is -2.56. The zero-order chi connectivity index (χ0) is 24.4. The molecule has 0 bridgehead atoms. The Bertz CT molecular complexity index is 1070. The van der Waals surface area contributed by atoms with Crippen LogP contribution in [-0.4, -0.2) is 19.1 Å². The number of anilines is 2. The van der Waals surface area contributed by atoms with Crippen molar-refractivity contribution >= 4 is 40.5 Å². The van der Waals surface area contributed by atoms with Crippen LogP contribution < -0.4 is 20.7 Å². The third-order valence-electron chi connectivity index (χ3n) is 8.09. The van der Waals surface area contributed by atoms with Crippen LogP contribution in [0.3, 0.4) is 0 Å². The fraction of sp³-hybridized carbons (Fsp3) is 0.536. The summed E-state index contributed by atoms with van der Waals surface area (Å²) in [5, 5.41) is 11.9. The van der Waals surface area contributed by atoms with Crippen LogP contribution >= 0.6 is 23.2 Å². The molecule has 2 aliphatic carbocycles. The van der Waals surface area contributed by atoms with Crippen molar-refractivity contribution < 1.29 is 9.53 Å². The molecule has 5 rings (SSSR count). The predicted molar refractivity (Wildman–Crippen MR) is 143 cm³/mol. The van der Waals surface area contributed by atoms with E-state index >= 15 is 0 Å². The fourth-order valence-corrected chi connectivity index (χ4v) is 6.61. The van der Waals surface area contributed by atoms with E-state index in [4.69, 9.17) is 27.9 Å². The van der Waals surface area contributed by atoms with Crippen molar-refractivity contribution in [2.75, 3.05) is 17.7 Å². The summed E-state index contributed by atoms with van der Waals surface area (Å²) < 4.78 is 5.49. The average molecular weight is 517 g/mol. The van der Waals surface area contributed by atoms with E-state index in [9.17, 15) is 4.79 Å². The summed E-state index contributed by atoms with van der Waals surface area (Å²) >= 11 is 12.8. The number of fused-ring (bicyclic) bond motifs is 1. The maximum Gasteiger partial charge on any atom is 0.228 e. The van der Waals surface area contributed by atoms with Crippen LogP contribution in [-0.2, 0) is 10.5 Å². The van der Waals surface area contributed by atoms with Crippen LogP contribution in [0.25, 0.3) is 0 Å². The second-order valence-electron chi connectivity index (χ2n) is 10.3. The number of rotatable bonds is 6. The molecule has 3 N–H and O–H groups in total. The van der Waals surface area contributed by atoms with Gasteiger partial charge in [0.05, 0.1) is 34.4 Å². The molecular formula is C28H35Cl2N3O2. The van der Waals surface area contributed by atoms with Gasteiger partial charge in [0.15, 0.2) is 0 Å². The fourth-order valence-electron chi connectivity index (χ4n) is 6.31. The molecule has 2 aromatic rings. The van der Waals surface area contributed by atoms with Crippen molar-refractivity contribution in [2.24, 2.45) is 11.8 Å². The molecule has 0 aromatic heterocycles. The molecule has 35 heavy (non-hydrogen) atoms. The molecule has 2 unspecified atom stereocenters.